The van der Waals surface area contributed by atoms with Crippen LogP contribution in [0.5, 0.6) is 0 Å². The van der Waals surface area contributed by atoms with Gasteiger partial charge in [-0.25, -0.2) is 0 Å². The van der Waals surface area contributed by atoms with Crippen molar-refractivity contribution in [3.05, 3.63) is 64.5 Å². The molecule has 2 aromatic rings. The first kappa shape index (κ1) is 13.8. The lowest BCUT2D eigenvalue weighted by Gasteiger charge is -2.19. The van der Waals surface area contributed by atoms with E-state index in [4.69, 9.17) is 0 Å². The highest BCUT2D eigenvalue weighted by atomic mass is 14.9. The molecule has 1 unspecified atom stereocenters. The van der Waals surface area contributed by atoms with E-state index in [1.54, 1.807) is 0 Å². The summed E-state index contributed by atoms with van der Waals surface area (Å²) in [5.74, 6) is 0. The second-order valence-electron chi connectivity index (χ2n) is 5.18. The van der Waals surface area contributed by atoms with Gasteiger partial charge in [0.15, 0.2) is 0 Å². The van der Waals surface area contributed by atoms with Crippen molar-refractivity contribution in [3.8, 4) is 0 Å². The molecule has 0 aliphatic carbocycles. The van der Waals surface area contributed by atoms with Crippen molar-refractivity contribution in [3.63, 3.8) is 0 Å². The predicted octanol–water partition coefficient (Wildman–Crippen LogP) is 3.51. The smallest absolute Gasteiger partial charge is 0.0605 e. The van der Waals surface area contributed by atoms with Crippen molar-refractivity contribution in [2.24, 2.45) is 0 Å². The van der Waals surface area contributed by atoms with Crippen LogP contribution in [0.1, 0.15) is 34.0 Å². The fourth-order valence-corrected chi connectivity index (χ4v) is 2.44. The van der Waals surface area contributed by atoms with Crippen LogP contribution >= 0.6 is 0 Å². The topological polar surface area (TPSA) is 24.9 Å². The molecule has 1 N–H and O–H groups in total. The molecule has 0 saturated carbocycles. The van der Waals surface area contributed by atoms with Crippen LogP contribution in [0.4, 0.5) is 0 Å². The molecule has 1 aromatic carbocycles. The summed E-state index contributed by atoms with van der Waals surface area (Å²) in [6, 6.07) is 11.0. The zero-order valence-electron chi connectivity index (χ0n) is 12.2. The molecule has 2 heteroatoms. The van der Waals surface area contributed by atoms with Gasteiger partial charge in [0.25, 0.3) is 0 Å². The lowest BCUT2D eigenvalue weighted by Crippen LogP contribution is -2.21. The number of rotatable bonds is 4. The number of nitrogens with zero attached hydrogens (tertiary/aromatic N) is 1. The molecule has 0 spiro atoms. The number of benzene rings is 1. The largest absolute Gasteiger partial charge is 0.311 e. The van der Waals surface area contributed by atoms with E-state index in [0.717, 1.165) is 12.1 Å². The minimum atomic E-state index is 0.265. The Morgan fingerprint density at radius 1 is 1.11 bits per heavy atom. The Balaban J connectivity index is 2.29. The van der Waals surface area contributed by atoms with E-state index in [1.807, 2.05) is 19.3 Å². The molecule has 0 fully saturated rings. The van der Waals surface area contributed by atoms with Crippen LogP contribution in [0.2, 0.25) is 0 Å². The third kappa shape index (κ3) is 3.21. The molecule has 1 aromatic heterocycles. The first-order valence-electron chi connectivity index (χ1n) is 6.76. The average Bonchev–Trinajstić information content (AvgIpc) is 2.41. The lowest BCUT2D eigenvalue weighted by atomic mass is 9.96. The van der Waals surface area contributed by atoms with Crippen molar-refractivity contribution in [1.82, 2.24) is 10.3 Å². The van der Waals surface area contributed by atoms with E-state index < -0.39 is 0 Å². The maximum atomic E-state index is 4.54. The summed E-state index contributed by atoms with van der Waals surface area (Å²) in [7, 11) is 2.00. The Hall–Kier alpha value is -1.67. The third-order valence-corrected chi connectivity index (χ3v) is 3.66. The van der Waals surface area contributed by atoms with Crippen molar-refractivity contribution in [1.29, 1.82) is 0 Å². The van der Waals surface area contributed by atoms with Gasteiger partial charge >= 0.3 is 0 Å². The van der Waals surface area contributed by atoms with Crippen LogP contribution < -0.4 is 5.32 Å². The van der Waals surface area contributed by atoms with Crippen molar-refractivity contribution in [2.45, 2.75) is 33.2 Å². The summed E-state index contributed by atoms with van der Waals surface area (Å²) >= 11 is 0. The maximum absolute atomic E-state index is 4.54. The van der Waals surface area contributed by atoms with Crippen LogP contribution in [0, 0.1) is 20.8 Å². The number of pyridine rings is 1. The number of aromatic nitrogens is 1. The minimum absolute atomic E-state index is 0.265. The fourth-order valence-electron chi connectivity index (χ4n) is 2.44. The van der Waals surface area contributed by atoms with Crippen LogP contribution in [0.3, 0.4) is 0 Å². The molecule has 1 atom stereocenters. The maximum Gasteiger partial charge on any atom is 0.0605 e. The molecule has 0 radical (unpaired) electrons. The van der Waals surface area contributed by atoms with Crippen LogP contribution in [-0.4, -0.2) is 12.0 Å². The van der Waals surface area contributed by atoms with Crippen LogP contribution in [0.15, 0.2) is 36.5 Å². The zero-order chi connectivity index (χ0) is 13.8. The first-order chi connectivity index (χ1) is 9.11. The van der Waals surface area contributed by atoms with Gasteiger partial charge in [0, 0.05) is 6.20 Å². The molecular formula is C17H22N2. The highest BCUT2D eigenvalue weighted by Gasteiger charge is 2.14. The van der Waals surface area contributed by atoms with Gasteiger partial charge in [-0.1, -0.05) is 29.8 Å². The number of nitrogens with one attached hydrogen (secondary N) is 1. The Kier molecular flexibility index (Phi) is 4.33. The monoisotopic (exact) mass is 254 g/mol. The molecule has 0 amide bonds. The zero-order valence-corrected chi connectivity index (χ0v) is 12.2. The summed E-state index contributed by atoms with van der Waals surface area (Å²) in [4.78, 5) is 4.54. The normalized spacial score (nSPS) is 12.4. The van der Waals surface area contributed by atoms with Crippen molar-refractivity contribution < 1.29 is 0 Å². The minimum Gasteiger partial charge on any atom is -0.311 e. The molecule has 2 rings (SSSR count). The standard InChI is InChI=1S/C17H22N2/c1-12-7-8-13(2)15(10-12)11-16(18-4)17-14(3)6-5-9-19-17/h5-10,16,18H,11H2,1-4H3. The van der Waals surface area contributed by atoms with E-state index >= 15 is 0 Å². The molecule has 2 nitrogen and oxygen atoms in total. The summed E-state index contributed by atoms with van der Waals surface area (Å²) < 4.78 is 0. The molecular weight excluding hydrogens is 232 g/mol. The van der Waals surface area contributed by atoms with Crippen LogP contribution in [0.25, 0.3) is 0 Å². The Morgan fingerprint density at radius 3 is 2.58 bits per heavy atom. The number of hydrogen-bond acceptors (Lipinski definition) is 2. The van der Waals surface area contributed by atoms with Gasteiger partial charge in [0.1, 0.15) is 0 Å². The van der Waals surface area contributed by atoms with E-state index in [2.05, 4.69) is 55.3 Å². The highest BCUT2D eigenvalue weighted by Crippen LogP contribution is 2.21. The second kappa shape index (κ2) is 5.98. The van der Waals surface area contributed by atoms with E-state index in [-0.39, 0.29) is 6.04 Å². The summed E-state index contributed by atoms with van der Waals surface area (Å²) in [5, 5.41) is 3.39. The van der Waals surface area contributed by atoms with Gasteiger partial charge in [-0.3, -0.25) is 4.98 Å². The Labute approximate surface area is 115 Å². The van der Waals surface area contributed by atoms with Gasteiger partial charge in [-0.05, 0) is 57.0 Å². The summed E-state index contributed by atoms with van der Waals surface area (Å²) in [6.07, 6.45) is 2.84. The molecule has 0 aliphatic heterocycles. The number of likely N-dealkylation sites (N-methyl/N-ethyl adjacent to an activating group) is 1. The molecule has 100 valence electrons. The predicted molar refractivity (Wildman–Crippen MR) is 80.4 cm³/mol. The van der Waals surface area contributed by atoms with Crippen molar-refractivity contribution in [2.75, 3.05) is 7.05 Å². The summed E-state index contributed by atoms with van der Waals surface area (Å²) in [6.45, 7) is 6.44. The van der Waals surface area contributed by atoms with Gasteiger partial charge in [-0.2, -0.15) is 0 Å². The molecule has 0 saturated heterocycles. The SMILES string of the molecule is CNC(Cc1cc(C)ccc1C)c1ncccc1C. The van der Waals surface area contributed by atoms with Gasteiger partial charge in [0.05, 0.1) is 11.7 Å². The quantitative estimate of drug-likeness (QED) is 0.903. The molecule has 19 heavy (non-hydrogen) atoms. The fraction of sp³-hybridized carbons (Fsp3) is 0.353. The molecule has 0 bridgehead atoms. The van der Waals surface area contributed by atoms with Gasteiger partial charge in [0.2, 0.25) is 0 Å². The highest BCUT2D eigenvalue weighted by molar-refractivity contribution is 5.33. The molecule has 0 aliphatic rings. The van der Waals surface area contributed by atoms with E-state index in [1.165, 1.54) is 22.3 Å². The third-order valence-electron chi connectivity index (χ3n) is 3.66. The average molecular weight is 254 g/mol. The first-order valence-corrected chi connectivity index (χ1v) is 6.76. The molecule has 1 heterocycles. The lowest BCUT2D eigenvalue weighted by molar-refractivity contribution is 0.571. The van der Waals surface area contributed by atoms with Gasteiger partial charge in [-0.15, -0.1) is 0 Å². The second-order valence-corrected chi connectivity index (χ2v) is 5.18. The van der Waals surface area contributed by atoms with Crippen LogP contribution in [-0.2, 0) is 6.42 Å². The number of aryl methyl sites for hydroxylation is 3. The number of hydrogen-bond donors (Lipinski definition) is 1. The van der Waals surface area contributed by atoms with E-state index in [0.29, 0.717) is 0 Å². The van der Waals surface area contributed by atoms with E-state index in [9.17, 15) is 0 Å². The summed E-state index contributed by atoms with van der Waals surface area (Å²) in [5.41, 5.74) is 6.44. The van der Waals surface area contributed by atoms with Crippen molar-refractivity contribution >= 4 is 0 Å². The Morgan fingerprint density at radius 2 is 1.89 bits per heavy atom. The van der Waals surface area contributed by atoms with Gasteiger partial charge < -0.3 is 5.32 Å². The Bertz CT molecular complexity index is 561.